The Bertz CT molecular complexity index is 1140. The van der Waals surface area contributed by atoms with Crippen molar-refractivity contribution in [2.45, 2.75) is 27.0 Å². The monoisotopic (exact) mass is 379 g/mol. The van der Waals surface area contributed by atoms with Crippen LogP contribution >= 0.6 is 0 Å². The van der Waals surface area contributed by atoms with Crippen molar-refractivity contribution in [1.82, 2.24) is 24.3 Å². The van der Waals surface area contributed by atoms with E-state index in [0.29, 0.717) is 34.7 Å². The second-order valence-corrected chi connectivity index (χ2v) is 6.49. The minimum atomic E-state index is -0.118. The summed E-state index contributed by atoms with van der Waals surface area (Å²) in [6, 6.07) is 5.53. The summed E-state index contributed by atoms with van der Waals surface area (Å²) in [6.45, 7) is 4.38. The van der Waals surface area contributed by atoms with Crippen molar-refractivity contribution in [3.63, 3.8) is 0 Å². The summed E-state index contributed by atoms with van der Waals surface area (Å²) in [7, 11) is 1.59. The molecule has 0 amide bonds. The Kier molecular flexibility index (Phi) is 4.48. The van der Waals surface area contributed by atoms with Crippen molar-refractivity contribution >= 4 is 10.9 Å². The molecule has 0 radical (unpaired) electrons. The standard InChI is InChI=1S/C20H21N5O3/c1-4-25-14(11-26)7-18(23-25)24-10-17-19(20(24)27)12(2)5-16(22-17)13-6-15(28-3)9-21-8-13/h5-10,26-27H,4,11H2,1-3H3. The number of aliphatic hydroxyl groups is 1. The van der Waals surface area contributed by atoms with Gasteiger partial charge in [0.2, 0.25) is 5.88 Å². The van der Waals surface area contributed by atoms with Crippen LogP contribution in [0.3, 0.4) is 0 Å². The fraction of sp³-hybridized carbons (Fsp3) is 0.250. The lowest BCUT2D eigenvalue weighted by Crippen LogP contribution is -2.02. The van der Waals surface area contributed by atoms with Crippen molar-refractivity contribution in [1.29, 1.82) is 0 Å². The van der Waals surface area contributed by atoms with Crippen molar-refractivity contribution in [3.8, 4) is 28.7 Å². The van der Waals surface area contributed by atoms with Crippen molar-refractivity contribution < 1.29 is 14.9 Å². The van der Waals surface area contributed by atoms with Gasteiger partial charge < -0.3 is 14.9 Å². The molecule has 0 aromatic carbocycles. The number of aromatic hydroxyl groups is 1. The fourth-order valence-corrected chi connectivity index (χ4v) is 3.34. The number of ether oxygens (including phenoxy) is 1. The van der Waals surface area contributed by atoms with Crippen LogP contribution in [0, 0.1) is 6.92 Å². The van der Waals surface area contributed by atoms with Crippen LogP contribution in [0.2, 0.25) is 0 Å². The maximum atomic E-state index is 10.8. The topological polar surface area (TPSA) is 98.2 Å². The van der Waals surface area contributed by atoms with Crippen molar-refractivity contribution in [3.05, 3.63) is 48.0 Å². The van der Waals surface area contributed by atoms with E-state index in [1.54, 1.807) is 41.0 Å². The zero-order valence-corrected chi connectivity index (χ0v) is 15.9. The molecule has 0 aliphatic rings. The first kappa shape index (κ1) is 18.0. The van der Waals surface area contributed by atoms with Crippen LogP contribution in [0.4, 0.5) is 0 Å². The molecular weight excluding hydrogens is 358 g/mol. The average Bonchev–Trinajstić information content (AvgIpc) is 3.28. The summed E-state index contributed by atoms with van der Waals surface area (Å²) < 4.78 is 8.53. The summed E-state index contributed by atoms with van der Waals surface area (Å²) in [5.74, 6) is 1.25. The molecule has 0 aliphatic carbocycles. The molecule has 4 rings (SSSR count). The SMILES string of the molecule is CCn1nc(-n2cc3nc(-c4cncc(OC)c4)cc(C)c3c2O)cc1CO. The van der Waals surface area contributed by atoms with E-state index in [0.717, 1.165) is 16.8 Å². The fourth-order valence-electron chi connectivity index (χ4n) is 3.34. The van der Waals surface area contributed by atoms with Crippen LogP contribution in [0.25, 0.3) is 28.0 Å². The number of rotatable bonds is 5. The summed E-state index contributed by atoms with van der Waals surface area (Å²) in [5, 5.41) is 25.4. The number of aliphatic hydroxyl groups excluding tert-OH is 1. The molecule has 0 saturated carbocycles. The summed E-state index contributed by atoms with van der Waals surface area (Å²) in [4.78, 5) is 8.89. The van der Waals surface area contributed by atoms with Gasteiger partial charge in [0.1, 0.15) is 5.75 Å². The van der Waals surface area contributed by atoms with Crippen LogP contribution in [-0.2, 0) is 13.2 Å². The van der Waals surface area contributed by atoms with E-state index >= 15 is 0 Å². The molecule has 2 N–H and O–H groups in total. The van der Waals surface area contributed by atoms with Gasteiger partial charge in [-0.1, -0.05) is 0 Å². The molecule has 144 valence electrons. The summed E-state index contributed by atoms with van der Waals surface area (Å²) >= 11 is 0. The number of aromatic nitrogens is 5. The Labute approximate surface area is 161 Å². The second kappa shape index (κ2) is 6.97. The van der Waals surface area contributed by atoms with E-state index in [4.69, 9.17) is 9.72 Å². The average molecular weight is 379 g/mol. The third-order valence-electron chi connectivity index (χ3n) is 4.75. The molecule has 0 atom stereocenters. The van der Waals surface area contributed by atoms with E-state index in [1.807, 2.05) is 26.0 Å². The van der Waals surface area contributed by atoms with Crippen LogP contribution in [0.5, 0.6) is 11.6 Å². The number of aryl methyl sites for hydroxylation is 2. The van der Waals surface area contributed by atoms with Crippen LogP contribution < -0.4 is 4.74 Å². The van der Waals surface area contributed by atoms with Gasteiger partial charge in [0.05, 0.1) is 42.2 Å². The lowest BCUT2D eigenvalue weighted by atomic mass is 10.1. The van der Waals surface area contributed by atoms with E-state index in [-0.39, 0.29) is 12.5 Å². The van der Waals surface area contributed by atoms with E-state index < -0.39 is 0 Å². The maximum Gasteiger partial charge on any atom is 0.206 e. The summed E-state index contributed by atoms with van der Waals surface area (Å²) in [5.41, 5.74) is 3.78. The van der Waals surface area contributed by atoms with Crippen molar-refractivity contribution in [2.24, 2.45) is 0 Å². The molecule has 8 nitrogen and oxygen atoms in total. The highest BCUT2D eigenvalue weighted by molar-refractivity contribution is 5.90. The number of methoxy groups -OCH3 is 1. The van der Waals surface area contributed by atoms with Gasteiger partial charge in [0, 0.05) is 30.6 Å². The molecule has 0 aliphatic heterocycles. The number of nitrogens with zero attached hydrogens (tertiary/aromatic N) is 5. The molecule has 0 saturated heterocycles. The maximum absolute atomic E-state index is 10.8. The number of fused-ring (bicyclic) bond motifs is 1. The van der Waals surface area contributed by atoms with Crippen LogP contribution in [0.1, 0.15) is 18.2 Å². The molecule has 0 bridgehead atoms. The predicted octanol–water partition coefficient (Wildman–Crippen LogP) is 2.82. The molecule has 0 spiro atoms. The van der Waals surface area contributed by atoms with Crippen molar-refractivity contribution in [2.75, 3.05) is 7.11 Å². The molecular formula is C20H21N5O3. The first-order chi connectivity index (χ1) is 13.5. The molecule has 28 heavy (non-hydrogen) atoms. The molecule has 0 fully saturated rings. The van der Waals surface area contributed by atoms with Gasteiger partial charge in [-0.2, -0.15) is 5.10 Å². The highest BCUT2D eigenvalue weighted by Crippen LogP contribution is 2.34. The Morgan fingerprint density at radius 3 is 2.68 bits per heavy atom. The molecule has 8 heteroatoms. The molecule has 4 aromatic rings. The Morgan fingerprint density at radius 1 is 1.18 bits per heavy atom. The normalized spacial score (nSPS) is 11.3. The van der Waals surface area contributed by atoms with E-state index in [9.17, 15) is 10.2 Å². The third-order valence-corrected chi connectivity index (χ3v) is 4.75. The van der Waals surface area contributed by atoms with Gasteiger partial charge in [0.25, 0.3) is 0 Å². The van der Waals surface area contributed by atoms with E-state index in [2.05, 4.69) is 10.1 Å². The zero-order valence-electron chi connectivity index (χ0n) is 15.9. The van der Waals surface area contributed by atoms with Gasteiger partial charge in [-0.15, -0.1) is 0 Å². The summed E-state index contributed by atoms with van der Waals surface area (Å²) in [6.07, 6.45) is 5.11. The Hall–Kier alpha value is -3.39. The van der Waals surface area contributed by atoms with Crippen LogP contribution in [-0.4, -0.2) is 41.6 Å². The van der Waals surface area contributed by atoms with Crippen LogP contribution in [0.15, 0.2) is 36.8 Å². The second-order valence-electron chi connectivity index (χ2n) is 6.49. The third kappa shape index (κ3) is 2.87. The lowest BCUT2D eigenvalue weighted by Gasteiger charge is -2.05. The lowest BCUT2D eigenvalue weighted by molar-refractivity contribution is 0.268. The van der Waals surface area contributed by atoms with Gasteiger partial charge in [-0.05, 0) is 31.5 Å². The molecule has 0 unspecified atom stereocenters. The molecule has 4 aromatic heterocycles. The minimum absolute atomic E-state index is 0.0700. The largest absolute Gasteiger partial charge is 0.495 e. The first-order valence-electron chi connectivity index (χ1n) is 8.94. The van der Waals surface area contributed by atoms with Gasteiger partial charge in [-0.25, -0.2) is 4.98 Å². The highest BCUT2D eigenvalue weighted by atomic mass is 16.5. The Morgan fingerprint density at radius 2 is 2.00 bits per heavy atom. The van der Waals surface area contributed by atoms with Gasteiger partial charge in [0.15, 0.2) is 5.82 Å². The first-order valence-corrected chi connectivity index (χ1v) is 8.94. The number of hydrogen-bond donors (Lipinski definition) is 2. The smallest absolute Gasteiger partial charge is 0.206 e. The number of pyridine rings is 2. The van der Waals surface area contributed by atoms with E-state index in [1.165, 1.54) is 0 Å². The van der Waals surface area contributed by atoms with Gasteiger partial charge >= 0.3 is 0 Å². The zero-order chi connectivity index (χ0) is 19.8. The number of hydrogen-bond acceptors (Lipinski definition) is 6. The predicted molar refractivity (Wildman–Crippen MR) is 105 cm³/mol. The minimum Gasteiger partial charge on any atom is -0.495 e. The molecule has 4 heterocycles. The Balaban J connectivity index is 1.86. The van der Waals surface area contributed by atoms with Gasteiger partial charge in [-0.3, -0.25) is 14.2 Å². The quantitative estimate of drug-likeness (QED) is 0.553. The highest BCUT2D eigenvalue weighted by Gasteiger charge is 2.18.